The molecule has 1 aliphatic rings. The summed E-state index contributed by atoms with van der Waals surface area (Å²) in [6.07, 6.45) is 6.87. The lowest BCUT2D eigenvalue weighted by Crippen LogP contribution is -2.04. The maximum Gasteiger partial charge on any atom is 0.0924 e. The molecule has 3 heteroatoms. The van der Waals surface area contributed by atoms with Gasteiger partial charge in [0, 0.05) is 6.54 Å². The number of aromatic nitrogens is 2. The Labute approximate surface area is 65.5 Å². The van der Waals surface area contributed by atoms with Crippen LogP contribution < -0.4 is 5.32 Å². The normalized spacial score (nSPS) is 21.3. The lowest BCUT2D eigenvalue weighted by atomic mass is 10.2. The van der Waals surface area contributed by atoms with Crippen LogP contribution >= 0.6 is 0 Å². The van der Waals surface area contributed by atoms with Crippen molar-refractivity contribution in [3.8, 4) is 0 Å². The molecule has 1 aromatic heterocycles. The molecule has 2 rings (SSSR count). The van der Waals surface area contributed by atoms with Gasteiger partial charge < -0.3 is 10.3 Å². The molecule has 0 radical (unpaired) electrons. The molecule has 2 N–H and O–H groups in total. The van der Waals surface area contributed by atoms with Crippen LogP contribution in [0.2, 0.25) is 0 Å². The fourth-order valence-corrected chi connectivity index (χ4v) is 1.27. The quantitative estimate of drug-likeness (QED) is 0.619. The van der Waals surface area contributed by atoms with Crippen LogP contribution in [0.1, 0.15) is 12.1 Å². The van der Waals surface area contributed by atoms with Gasteiger partial charge in [-0.25, -0.2) is 4.98 Å². The van der Waals surface area contributed by atoms with E-state index in [0.29, 0.717) is 0 Å². The summed E-state index contributed by atoms with van der Waals surface area (Å²) in [5.74, 6) is 0. The molecule has 1 fully saturated rings. The zero-order valence-electron chi connectivity index (χ0n) is 6.30. The van der Waals surface area contributed by atoms with Crippen molar-refractivity contribution < 1.29 is 0 Å². The van der Waals surface area contributed by atoms with Crippen molar-refractivity contribution in [2.45, 2.75) is 6.42 Å². The second kappa shape index (κ2) is 2.88. The average molecular weight is 149 g/mol. The Kier molecular flexibility index (Phi) is 1.73. The molecule has 0 aliphatic carbocycles. The number of imidazole rings is 1. The predicted octanol–water partition coefficient (Wildman–Crippen LogP) is 0.786. The zero-order chi connectivity index (χ0) is 7.52. The molecule has 2 heterocycles. The molecular weight excluding hydrogens is 138 g/mol. The number of nitrogens with zero attached hydrogens (tertiary/aromatic N) is 1. The summed E-state index contributed by atoms with van der Waals surface area (Å²) in [5.41, 5.74) is 2.55. The summed E-state index contributed by atoms with van der Waals surface area (Å²) in [7, 11) is 0. The molecule has 1 aliphatic heterocycles. The molecule has 1 saturated heterocycles. The Morgan fingerprint density at radius 2 is 2.55 bits per heavy atom. The maximum atomic E-state index is 3.94. The molecule has 3 nitrogen and oxygen atoms in total. The van der Waals surface area contributed by atoms with Crippen molar-refractivity contribution in [1.82, 2.24) is 15.3 Å². The summed E-state index contributed by atoms with van der Waals surface area (Å²) in [4.78, 5) is 6.99. The van der Waals surface area contributed by atoms with Crippen LogP contribution in [0.25, 0.3) is 6.08 Å². The van der Waals surface area contributed by atoms with Gasteiger partial charge in [-0.15, -0.1) is 0 Å². The molecule has 58 valence electrons. The first-order valence-electron chi connectivity index (χ1n) is 3.84. The monoisotopic (exact) mass is 149 g/mol. The minimum Gasteiger partial charge on any atom is -0.345 e. The van der Waals surface area contributed by atoms with Gasteiger partial charge in [-0.2, -0.15) is 0 Å². The number of hydrogen-bond donors (Lipinski definition) is 2. The Morgan fingerprint density at radius 1 is 1.55 bits per heavy atom. The van der Waals surface area contributed by atoms with Gasteiger partial charge in [0.25, 0.3) is 0 Å². The number of aromatic amines is 1. The molecule has 0 bridgehead atoms. The summed E-state index contributed by atoms with van der Waals surface area (Å²) < 4.78 is 0. The van der Waals surface area contributed by atoms with Gasteiger partial charge in [0.2, 0.25) is 0 Å². The van der Waals surface area contributed by atoms with Crippen LogP contribution in [0.4, 0.5) is 0 Å². The van der Waals surface area contributed by atoms with E-state index in [0.717, 1.165) is 18.8 Å². The first kappa shape index (κ1) is 6.61. The van der Waals surface area contributed by atoms with E-state index in [2.05, 4.69) is 21.4 Å². The smallest absolute Gasteiger partial charge is 0.0924 e. The highest BCUT2D eigenvalue weighted by molar-refractivity contribution is 5.48. The van der Waals surface area contributed by atoms with E-state index in [1.807, 2.05) is 6.20 Å². The second-order valence-corrected chi connectivity index (χ2v) is 2.74. The zero-order valence-corrected chi connectivity index (χ0v) is 6.30. The van der Waals surface area contributed by atoms with Gasteiger partial charge in [-0.05, 0) is 19.0 Å². The molecular formula is C8H11N3. The highest BCUT2D eigenvalue weighted by Gasteiger charge is 2.04. The van der Waals surface area contributed by atoms with Gasteiger partial charge in [0.05, 0.1) is 18.2 Å². The number of nitrogens with one attached hydrogen (secondary N) is 2. The second-order valence-electron chi connectivity index (χ2n) is 2.74. The lowest BCUT2D eigenvalue weighted by Gasteiger charge is -1.90. The van der Waals surface area contributed by atoms with Crippen LogP contribution in [0.5, 0.6) is 0 Å². The number of hydrogen-bond acceptors (Lipinski definition) is 2. The van der Waals surface area contributed by atoms with Crippen molar-refractivity contribution in [3.63, 3.8) is 0 Å². The molecule has 11 heavy (non-hydrogen) atoms. The van der Waals surface area contributed by atoms with E-state index in [1.165, 1.54) is 12.0 Å². The van der Waals surface area contributed by atoms with Crippen LogP contribution in [0.15, 0.2) is 18.1 Å². The van der Waals surface area contributed by atoms with Gasteiger partial charge >= 0.3 is 0 Å². The topological polar surface area (TPSA) is 40.7 Å². The van der Waals surface area contributed by atoms with Crippen LogP contribution in [0, 0.1) is 0 Å². The molecule has 0 atom stereocenters. The maximum absolute atomic E-state index is 3.94. The highest BCUT2D eigenvalue weighted by Crippen LogP contribution is 2.09. The first-order chi connectivity index (χ1) is 5.45. The van der Waals surface area contributed by atoms with Crippen molar-refractivity contribution in [1.29, 1.82) is 0 Å². The van der Waals surface area contributed by atoms with E-state index >= 15 is 0 Å². The minimum absolute atomic E-state index is 1.03. The third kappa shape index (κ3) is 1.49. The van der Waals surface area contributed by atoms with Crippen molar-refractivity contribution in [3.05, 3.63) is 23.8 Å². The molecule has 0 aromatic carbocycles. The molecule has 0 amide bonds. The molecule has 0 spiro atoms. The molecule has 1 aromatic rings. The van der Waals surface area contributed by atoms with E-state index in [-0.39, 0.29) is 0 Å². The van der Waals surface area contributed by atoms with Crippen molar-refractivity contribution >= 4 is 6.08 Å². The van der Waals surface area contributed by atoms with Gasteiger partial charge in [-0.1, -0.05) is 5.57 Å². The number of rotatable bonds is 1. The van der Waals surface area contributed by atoms with Crippen LogP contribution in [0.3, 0.4) is 0 Å². The van der Waals surface area contributed by atoms with Crippen molar-refractivity contribution in [2.75, 3.05) is 13.1 Å². The fourth-order valence-electron chi connectivity index (χ4n) is 1.27. The largest absolute Gasteiger partial charge is 0.345 e. The summed E-state index contributed by atoms with van der Waals surface area (Å²) in [6, 6.07) is 0. The standard InChI is InChI=1S/C8H11N3/c1-2-9-4-7(1)3-8-5-10-6-11-8/h3,5-6,9H,1-2,4H2,(H,10,11)/b7-3-. The van der Waals surface area contributed by atoms with E-state index in [9.17, 15) is 0 Å². The third-order valence-corrected chi connectivity index (χ3v) is 1.85. The fraction of sp³-hybridized carbons (Fsp3) is 0.375. The average Bonchev–Trinajstić information content (AvgIpc) is 2.60. The summed E-state index contributed by atoms with van der Waals surface area (Å²) >= 11 is 0. The Balaban J connectivity index is 2.13. The molecule has 0 unspecified atom stereocenters. The van der Waals surface area contributed by atoms with E-state index in [4.69, 9.17) is 0 Å². The van der Waals surface area contributed by atoms with E-state index < -0.39 is 0 Å². The number of H-pyrrole nitrogens is 1. The summed E-state index contributed by atoms with van der Waals surface area (Å²) in [6.45, 7) is 2.14. The lowest BCUT2D eigenvalue weighted by molar-refractivity contribution is 0.862. The third-order valence-electron chi connectivity index (χ3n) is 1.85. The van der Waals surface area contributed by atoms with Gasteiger partial charge in [0.15, 0.2) is 0 Å². The van der Waals surface area contributed by atoms with Gasteiger partial charge in [-0.3, -0.25) is 0 Å². The Bertz CT molecular complexity index is 240. The van der Waals surface area contributed by atoms with E-state index in [1.54, 1.807) is 6.33 Å². The summed E-state index contributed by atoms with van der Waals surface area (Å²) in [5, 5.41) is 3.28. The predicted molar refractivity (Wildman–Crippen MR) is 44.1 cm³/mol. The van der Waals surface area contributed by atoms with Gasteiger partial charge in [0.1, 0.15) is 0 Å². The minimum atomic E-state index is 1.03. The molecule has 0 saturated carbocycles. The Hall–Kier alpha value is -1.09. The van der Waals surface area contributed by atoms with Crippen LogP contribution in [-0.4, -0.2) is 23.1 Å². The SMILES string of the molecule is C(=C1\CCNC1)/c1cnc[nH]1. The highest BCUT2D eigenvalue weighted by atomic mass is 14.9. The first-order valence-corrected chi connectivity index (χ1v) is 3.84. The van der Waals surface area contributed by atoms with Crippen molar-refractivity contribution in [2.24, 2.45) is 0 Å². The van der Waals surface area contributed by atoms with Crippen LogP contribution in [-0.2, 0) is 0 Å². The Morgan fingerprint density at radius 3 is 3.18 bits per heavy atom.